The largest absolute Gasteiger partial charge is 0.361 e. The van der Waals surface area contributed by atoms with Gasteiger partial charge in [-0.1, -0.05) is 60.7 Å². The number of amides is 1. The van der Waals surface area contributed by atoms with Gasteiger partial charge in [-0.05, 0) is 42.6 Å². The van der Waals surface area contributed by atoms with Crippen molar-refractivity contribution in [2.24, 2.45) is 0 Å². The summed E-state index contributed by atoms with van der Waals surface area (Å²) in [6, 6.07) is 13.2. The van der Waals surface area contributed by atoms with Gasteiger partial charge >= 0.3 is 0 Å². The first-order valence-corrected chi connectivity index (χ1v) is 14.3. The van der Waals surface area contributed by atoms with Gasteiger partial charge in [0.05, 0.1) is 5.41 Å². The molecular formula is C22H29BrN2O2Si. The molecule has 150 valence electrons. The third-order valence-corrected chi connectivity index (χ3v) is 7.98. The zero-order valence-electron chi connectivity index (χ0n) is 17.3. The quantitative estimate of drug-likeness (QED) is 0.400. The van der Waals surface area contributed by atoms with Crippen molar-refractivity contribution >= 4 is 35.7 Å². The topological polar surface area (TPSA) is 42.4 Å². The lowest BCUT2D eigenvalue weighted by Crippen LogP contribution is -2.42. The Morgan fingerprint density at radius 2 is 1.89 bits per heavy atom. The molecule has 4 nitrogen and oxygen atoms in total. The number of carbonyl (C=O) groups is 1. The standard InChI is InChI=1S/C22H29BrN2O2Si/c1-16(17-8-10-18(23)11-9-17)22(2)19-7-6-12-24-20(19)25(21(22)26)15-27-13-14-28(3,4)5/h6-12,16H,13-15H2,1-5H3/t16-,22-/m1/s1. The van der Waals surface area contributed by atoms with Crippen LogP contribution in [-0.2, 0) is 14.9 Å². The molecule has 2 heterocycles. The number of hydrogen-bond acceptors (Lipinski definition) is 3. The third kappa shape index (κ3) is 4.09. The first-order chi connectivity index (χ1) is 13.1. The summed E-state index contributed by atoms with van der Waals surface area (Å²) in [6.07, 6.45) is 1.75. The first kappa shape index (κ1) is 21.2. The highest BCUT2D eigenvalue weighted by Gasteiger charge is 2.51. The molecule has 1 aliphatic rings. The van der Waals surface area contributed by atoms with E-state index in [2.05, 4.69) is 59.6 Å². The molecule has 3 rings (SSSR count). The molecule has 2 aromatic rings. The number of hydrogen-bond donors (Lipinski definition) is 0. The molecular weight excluding hydrogens is 432 g/mol. The third-order valence-electron chi connectivity index (χ3n) is 5.74. The summed E-state index contributed by atoms with van der Waals surface area (Å²) in [4.78, 5) is 19.8. The number of halogens is 1. The summed E-state index contributed by atoms with van der Waals surface area (Å²) in [5.74, 6) is 0.805. The van der Waals surface area contributed by atoms with Crippen LogP contribution in [0.4, 0.5) is 5.82 Å². The van der Waals surface area contributed by atoms with E-state index in [1.165, 1.54) is 0 Å². The number of nitrogens with zero attached hydrogens (tertiary/aromatic N) is 2. The van der Waals surface area contributed by atoms with Gasteiger partial charge in [0.2, 0.25) is 5.91 Å². The van der Waals surface area contributed by atoms with Crippen molar-refractivity contribution in [3.63, 3.8) is 0 Å². The Labute approximate surface area is 177 Å². The van der Waals surface area contributed by atoms with Crippen LogP contribution in [0.2, 0.25) is 25.7 Å². The second-order valence-corrected chi connectivity index (χ2v) is 15.5. The fraction of sp³-hybridized carbons (Fsp3) is 0.455. The molecule has 0 spiro atoms. The van der Waals surface area contributed by atoms with E-state index in [9.17, 15) is 4.79 Å². The summed E-state index contributed by atoms with van der Waals surface area (Å²) in [7, 11) is -1.17. The molecule has 0 N–H and O–H groups in total. The second-order valence-electron chi connectivity index (χ2n) is 8.93. The lowest BCUT2D eigenvalue weighted by atomic mass is 9.71. The SMILES string of the molecule is C[C@H](c1ccc(Br)cc1)[C@@]1(C)C(=O)N(COCC[Si](C)(C)C)c2ncccc21. The summed E-state index contributed by atoms with van der Waals surface area (Å²) >= 11 is 3.49. The number of rotatable bonds is 7. The molecule has 2 atom stereocenters. The molecule has 0 saturated heterocycles. The molecule has 0 unspecified atom stereocenters. The predicted molar refractivity (Wildman–Crippen MR) is 121 cm³/mol. The maximum absolute atomic E-state index is 13.6. The van der Waals surface area contributed by atoms with Crippen molar-refractivity contribution in [1.82, 2.24) is 4.98 Å². The van der Waals surface area contributed by atoms with Crippen LogP contribution in [0, 0.1) is 0 Å². The number of pyridine rings is 1. The minimum absolute atomic E-state index is 0.0167. The van der Waals surface area contributed by atoms with Gasteiger partial charge in [0.15, 0.2) is 0 Å². The number of ether oxygens (including phenoxy) is 1. The van der Waals surface area contributed by atoms with Gasteiger partial charge in [-0.2, -0.15) is 0 Å². The Morgan fingerprint density at radius 1 is 1.21 bits per heavy atom. The van der Waals surface area contributed by atoms with E-state index >= 15 is 0 Å². The van der Waals surface area contributed by atoms with Crippen molar-refractivity contribution in [3.8, 4) is 0 Å². The van der Waals surface area contributed by atoms with Crippen LogP contribution < -0.4 is 4.90 Å². The average Bonchev–Trinajstić information content (AvgIpc) is 2.87. The zero-order chi connectivity index (χ0) is 20.5. The monoisotopic (exact) mass is 460 g/mol. The van der Waals surface area contributed by atoms with Gasteiger partial charge in [0.25, 0.3) is 0 Å². The van der Waals surface area contributed by atoms with Crippen LogP contribution >= 0.6 is 15.9 Å². The molecule has 1 aromatic carbocycles. The summed E-state index contributed by atoms with van der Waals surface area (Å²) < 4.78 is 6.94. The summed E-state index contributed by atoms with van der Waals surface area (Å²) in [6.45, 7) is 12.1. The highest BCUT2D eigenvalue weighted by Crippen LogP contribution is 2.48. The van der Waals surface area contributed by atoms with E-state index in [-0.39, 0.29) is 18.6 Å². The molecule has 0 saturated carbocycles. The van der Waals surface area contributed by atoms with Crippen LogP contribution in [0.25, 0.3) is 0 Å². The first-order valence-electron chi connectivity index (χ1n) is 9.75. The molecule has 1 aliphatic heterocycles. The van der Waals surface area contributed by atoms with Gasteiger partial charge in [0.1, 0.15) is 12.5 Å². The van der Waals surface area contributed by atoms with Gasteiger partial charge < -0.3 is 4.74 Å². The number of aromatic nitrogens is 1. The fourth-order valence-corrected chi connectivity index (χ4v) is 4.69. The van der Waals surface area contributed by atoms with Crippen LogP contribution in [0.1, 0.15) is 30.9 Å². The Hall–Kier alpha value is -1.50. The average molecular weight is 461 g/mol. The Morgan fingerprint density at radius 3 is 2.54 bits per heavy atom. The molecule has 0 radical (unpaired) electrons. The summed E-state index contributed by atoms with van der Waals surface area (Å²) in [5, 5.41) is 0. The van der Waals surface area contributed by atoms with E-state index in [1.807, 2.05) is 31.2 Å². The van der Waals surface area contributed by atoms with E-state index in [0.717, 1.165) is 27.5 Å². The molecule has 28 heavy (non-hydrogen) atoms. The van der Waals surface area contributed by atoms with Gasteiger partial charge in [-0.15, -0.1) is 0 Å². The highest BCUT2D eigenvalue weighted by atomic mass is 79.9. The van der Waals surface area contributed by atoms with E-state index < -0.39 is 13.5 Å². The van der Waals surface area contributed by atoms with Crippen molar-refractivity contribution in [3.05, 3.63) is 58.2 Å². The molecule has 0 aliphatic carbocycles. The van der Waals surface area contributed by atoms with Crippen molar-refractivity contribution in [2.45, 2.75) is 50.9 Å². The molecule has 1 aromatic heterocycles. The smallest absolute Gasteiger partial charge is 0.241 e. The van der Waals surface area contributed by atoms with Crippen molar-refractivity contribution < 1.29 is 9.53 Å². The van der Waals surface area contributed by atoms with Crippen LogP contribution in [-0.4, -0.2) is 32.3 Å². The minimum Gasteiger partial charge on any atom is -0.361 e. The number of fused-ring (bicyclic) bond motifs is 1. The van der Waals surface area contributed by atoms with Crippen LogP contribution in [0.15, 0.2) is 47.1 Å². The molecule has 1 amide bonds. The second kappa shape index (κ2) is 8.09. The van der Waals surface area contributed by atoms with Gasteiger partial charge in [-0.25, -0.2) is 4.98 Å². The predicted octanol–water partition coefficient (Wildman–Crippen LogP) is 5.56. The Bertz CT molecular complexity index is 850. The highest BCUT2D eigenvalue weighted by molar-refractivity contribution is 9.10. The van der Waals surface area contributed by atoms with Crippen LogP contribution in [0.5, 0.6) is 0 Å². The van der Waals surface area contributed by atoms with Crippen molar-refractivity contribution in [1.29, 1.82) is 0 Å². The lowest BCUT2D eigenvalue weighted by molar-refractivity contribution is -0.124. The van der Waals surface area contributed by atoms with E-state index in [0.29, 0.717) is 6.61 Å². The van der Waals surface area contributed by atoms with E-state index in [1.54, 1.807) is 11.1 Å². The summed E-state index contributed by atoms with van der Waals surface area (Å²) in [5.41, 5.74) is 1.44. The Kier molecular flexibility index (Phi) is 6.13. The zero-order valence-corrected chi connectivity index (χ0v) is 19.9. The van der Waals surface area contributed by atoms with Crippen LogP contribution in [0.3, 0.4) is 0 Å². The lowest BCUT2D eigenvalue weighted by Gasteiger charge is -2.31. The van der Waals surface area contributed by atoms with E-state index in [4.69, 9.17) is 4.74 Å². The van der Waals surface area contributed by atoms with Crippen molar-refractivity contribution in [2.75, 3.05) is 18.2 Å². The number of carbonyl (C=O) groups excluding carboxylic acids is 1. The molecule has 0 bridgehead atoms. The normalized spacial score (nSPS) is 20.4. The van der Waals surface area contributed by atoms with Gasteiger partial charge in [-0.3, -0.25) is 9.69 Å². The molecule has 0 fully saturated rings. The molecule has 6 heteroatoms. The minimum atomic E-state index is -1.17. The Balaban J connectivity index is 1.86. The maximum Gasteiger partial charge on any atom is 0.241 e. The number of benzene rings is 1. The maximum atomic E-state index is 13.6. The fourth-order valence-electron chi connectivity index (χ4n) is 3.67. The van der Waals surface area contributed by atoms with Gasteiger partial charge in [0, 0.05) is 30.9 Å². The number of anilines is 1.